The lowest BCUT2D eigenvalue weighted by atomic mass is 10.1. The van der Waals surface area contributed by atoms with Crippen molar-refractivity contribution in [1.82, 2.24) is 9.88 Å². The Kier molecular flexibility index (Phi) is 6.79. The molecule has 1 fully saturated rings. The van der Waals surface area contributed by atoms with Crippen LogP contribution in [0.4, 0.5) is 24.7 Å². The fourth-order valence-electron chi connectivity index (χ4n) is 3.42. The number of hydrogen-bond acceptors (Lipinski definition) is 6. The van der Waals surface area contributed by atoms with Crippen LogP contribution in [0.15, 0.2) is 36.4 Å². The van der Waals surface area contributed by atoms with Crippen LogP contribution in [0.2, 0.25) is 0 Å². The maximum Gasteiger partial charge on any atom is 0.418 e. The van der Waals surface area contributed by atoms with Gasteiger partial charge in [0.1, 0.15) is 5.82 Å². The minimum Gasteiger partial charge on any atom is -0.465 e. The molecule has 1 N–H and O–H groups in total. The highest BCUT2D eigenvalue weighted by atomic mass is 19.4. The molecule has 1 aliphatic rings. The van der Waals surface area contributed by atoms with Gasteiger partial charge in [-0.15, -0.1) is 0 Å². The van der Waals surface area contributed by atoms with Crippen molar-refractivity contribution < 1.29 is 27.5 Å². The molecule has 2 aromatic rings. The molecule has 0 aliphatic carbocycles. The summed E-state index contributed by atoms with van der Waals surface area (Å²) in [6, 6.07) is 8.33. The van der Waals surface area contributed by atoms with Crippen molar-refractivity contribution in [3.8, 4) is 0 Å². The van der Waals surface area contributed by atoms with E-state index in [9.17, 15) is 22.8 Å². The number of hydrogen-bond donors (Lipinski definition) is 1. The van der Waals surface area contributed by atoms with Gasteiger partial charge in [-0.1, -0.05) is 12.1 Å². The highest BCUT2D eigenvalue weighted by Crippen LogP contribution is 2.34. The first-order valence-electron chi connectivity index (χ1n) is 9.68. The average Bonchev–Trinajstić information content (AvgIpc) is 2.73. The summed E-state index contributed by atoms with van der Waals surface area (Å²) in [5.74, 6) is -0.227. The topological polar surface area (TPSA) is 74.8 Å². The molecule has 1 saturated heterocycles. The van der Waals surface area contributed by atoms with Crippen LogP contribution < -0.4 is 10.2 Å². The number of amides is 1. The molecule has 2 heterocycles. The fourth-order valence-corrected chi connectivity index (χ4v) is 3.42. The molecule has 1 aromatic heterocycles. The van der Waals surface area contributed by atoms with Gasteiger partial charge in [0.15, 0.2) is 0 Å². The summed E-state index contributed by atoms with van der Waals surface area (Å²) in [6.45, 7) is 4.01. The number of nitrogens with zero attached hydrogens (tertiary/aromatic N) is 3. The zero-order chi connectivity index (χ0) is 22.6. The molecular weight excluding hydrogens is 413 g/mol. The average molecular weight is 436 g/mol. The number of rotatable bonds is 5. The molecule has 7 nitrogen and oxygen atoms in total. The minimum absolute atomic E-state index is 0.00618. The Balaban J connectivity index is 1.56. The van der Waals surface area contributed by atoms with E-state index in [1.807, 2.05) is 9.80 Å². The Labute approximate surface area is 177 Å². The van der Waals surface area contributed by atoms with Gasteiger partial charge in [-0.25, -0.2) is 9.78 Å². The number of aromatic nitrogens is 1. The SMILES string of the molecule is COC(=O)c1ccc(N2CCN(CC(=O)Nc3ccccc3C(F)(F)F)CC2)nc1C. The molecule has 166 valence electrons. The normalized spacial score (nSPS) is 14.9. The van der Waals surface area contributed by atoms with E-state index in [4.69, 9.17) is 4.74 Å². The van der Waals surface area contributed by atoms with E-state index >= 15 is 0 Å². The van der Waals surface area contributed by atoms with Crippen LogP contribution in [0.3, 0.4) is 0 Å². The summed E-state index contributed by atoms with van der Waals surface area (Å²) in [6.07, 6.45) is -4.54. The van der Waals surface area contributed by atoms with Crippen molar-refractivity contribution in [3.05, 3.63) is 53.2 Å². The maximum atomic E-state index is 13.1. The molecule has 31 heavy (non-hydrogen) atoms. The van der Waals surface area contributed by atoms with Crippen LogP contribution in [0.1, 0.15) is 21.6 Å². The lowest BCUT2D eigenvalue weighted by molar-refractivity contribution is -0.137. The van der Waals surface area contributed by atoms with Crippen LogP contribution in [-0.4, -0.2) is 61.6 Å². The lowest BCUT2D eigenvalue weighted by Gasteiger charge is -2.35. The molecule has 0 unspecified atom stereocenters. The van der Waals surface area contributed by atoms with E-state index in [-0.39, 0.29) is 12.2 Å². The second-order valence-corrected chi connectivity index (χ2v) is 7.15. The summed E-state index contributed by atoms with van der Waals surface area (Å²) >= 11 is 0. The number of ether oxygens (including phenoxy) is 1. The third kappa shape index (κ3) is 5.52. The Bertz CT molecular complexity index is 957. The first-order valence-corrected chi connectivity index (χ1v) is 9.68. The molecule has 1 aromatic carbocycles. The van der Waals surface area contributed by atoms with Gasteiger partial charge in [0.2, 0.25) is 5.91 Å². The minimum atomic E-state index is -4.54. The predicted octanol–water partition coefficient (Wildman–Crippen LogP) is 2.96. The van der Waals surface area contributed by atoms with E-state index < -0.39 is 23.6 Å². The molecule has 3 rings (SSSR count). The van der Waals surface area contributed by atoms with Gasteiger partial charge in [-0.2, -0.15) is 13.2 Å². The quantitative estimate of drug-likeness (QED) is 0.727. The summed E-state index contributed by atoms with van der Waals surface area (Å²) in [4.78, 5) is 32.4. The van der Waals surface area contributed by atoms with Gasteiger partial charge < -0.3 is 15.0 Å². The van der Waals surface area contributed by atoms with Gasteiger partial charge >= 0.3 is 12.1 Å². The van der Waals surface area contributed by atoms with E-state index in [1.165, 1.54) is 25.3 Å². The van der Waals surface area contributed by atoms with Crippen molar-refractivity contribution >= 4 is 23.4 Å². The van der Waals surface area contributed by atoms with Crippen LogP contribution in [-0.2, 0) is 15.7 Å². The largest absolute Gasteiger partial charge is 0.465 e. The lowest BCUT2D eigenvalue weighted by Crippen LogP contribution is -2.49. The van der Waals surface area contributed by atoms with Gasteiger partial charge in [0.25, 0.3) is 0 Å². The molecule has 0 radical (unpaired) electrons. The van der Waals surface area contributed by atoms with Gasteiger partial charge in [-0.3, -0.25) is 9.69 Å². The fraction of sp³-hybridized carbons (Fsp3) is 0.381. The number of methoxy groups -OCH3 is 1. The number of pyridine rings is 1. The van der Waals surface area contributed by atoms with E-state index in [0.717, 1.165) is 6.07 Å². The smallest absolute Gasteiger partial charge is 0.418 e. The van der Waals surface area contributed by atoms with Crippen LogP contribution in [0.25, 0.3) is 0 Å². The molecule has 0 spiro atoms. The van der Waals surface area contributed by atoms with E-state index in [1.54, 1.807) is 19.1 Å². The number of esters is 1. The Morgan fingerprint density at radius 2 is 1.77 bits per heavy atom. The first kappa shape index (κ1) is 22.5. The zero-order valence-corrected chi connectivity index (χ0v) is 17.2. The molecule has 1 aliphatic heterocycles. The summed E-state index contributed by atoms with van der Waals surface area (Å²) in [5, 5.41) is 2.37. The second kappa shape index (κ2) is 9.34. The van der Waals surface area contributed by atoms with Crippen molar-refractivity contribution in [2.45, 2.75) is 13.1 Å². The van der Waals surface area contributed by atoms with E-state index in [2.05, 4.69) is 10.3 Å². The third-order valence-corrected chi connectivity index (χ3v) is 5.05. The number of halogens is 3. The second-order valence-electron chi connectivity index (χ2n) is 7.15. The molecule has 10 heteroatoms. The van der Waals surface area contributed by atoms with Gasteiger partial charge in [0.05, 0.1) is 36.2 Å². The molecular formula is C21H23F3N4O3. The van der Waals surface area contributed by atoms with Gasteiger partial charge in [0, 0.05) is 26.2 Å². The Hall–Kier alpha value is -3.14. The molecule has 0 atom stereocenters. The molecule has 0 bridgehead atoms. The number of nitrogens with one attached hydrogen (secondary N) is 1. The number of benzene rings is 1. The standard InChI is InChI=1S/C21H23F3N4O3/c1-14-15(20(30)31-2)7-8-18(25-14)28-11-9-27(10-12-28)13-19(29)26-17-6-4-3-5-16(17)21(22,23)24/h3-8H,9-13H2,1-2H3,(H,26,29). The van der Waals surface area contributed by atoms with Gasteiger partial charge in [-0.05, 0) is 31.2 Å². The third-order valence-electron chi connectivity index (χ3n) is 5.05. The Morgan fingerprint density at radius 3 is 2.39 bits per heavy atom. The number of anilines is 2. The summed E-state index contributed by atoms with van der Waals surface area (Å²) in [7, 11) is 1.31. The van der Waals surface area contributed by atoms with Crippen molar-refractivity contribution in [2.24, 2.45) is 0 Å². The number of carbonyl (C=O) groups excluding carboxylic acids is 2. The monoisotopic (exact) mass is 436 g/mol. The molecule has 1 amide bonds. The van der Waals surface area contributed by atoms with Crippen molar-refractivity contribution in [2.75, 3.05) is 50.1 Å². The number of para-hydroxylation sites is 1. The predicted molar refractivity (Wildman–Crippen MR) is 109 cm³/mol. The molecule has 0 saturated carbocycles. The van der Waals surface area contributed by atoms with Crippen LogP contribution in [0, 0.1) is 6.92 Å². The number of alkyl halides is 3. The van der Waals surface area contributed by atoms with Crippen molar-refractivity contribution in [3.63, 3.8) is 0 Å². The van der Waals surface area contributed by atoms with Crippen molar-refractivity contribution in [1.29, 1.82) is 0 Å². The summed E-state index contributed by atoms with van der Waals surface area (Å²) in [5.41, 5.74) is -0.149. The van der Waals surface area contributed by atoms with E-state index in [0.29, 0.717) is 43.3 Å². The maximum absolute atomic E-state index is 13.1. The summed E-state index contributed by atoms with van der Waals surface area (Å²) < 4.78 is 44.0. The highest BCUT2D eigenvalue weighted by molar-refractivity contribution is 5.93. The van der Waals surface area contributed by atoms with Crippen LogP contribution >= 0.6 is 0 Å². The number of carbonyl (C=O) groups is 2. The Morgan fingerprint density at radius 1 is 1.10 bits per heavy atom. The number of aryl methyl sites for hydroxylation is 1. The number of piperazine rings is 1. The zero-order valence-electron chi connectivity index (χ0n) is 17.2. The first-order chi connectivity index (χ1) is 14.7. The highest BCUT2D eigenvalue weighted by Gasteiger charge is 2.33. The van der Waals surface area contributed by atoms with Crippen LogP contribution in [0.5, 0.6) is 0 Å².